The van der Waals surface area contributed by atoms with Gasteiger partial charge < -0.3 is 15.9 Å². The van der Waals surface area contributed by atoms with Crippen LogP contribution in [0.5, 0.6) is 0 Å². The maximum atomic E-state index is 11.0. The Hall–Kier alpha value is -2.63. The highest BCUT2D eigenvalue weighted by Gasteiger charge is 2.15. The van der Waals surface area contributed by atoms with E-state index in [2.05, 4.69) is 0 Å². The summed E-state index contributed by atoms with van der Waals surface area (Å²) in [5.41, 5.74) is 8.12. The van der Waals surface area contributed by atoms with Crippen LogP contribution in [0.15, 0.2) is 42.5 Å². The first-order valence-corrected chi connectivity index (χ1v) is 8.01. The standard InChI is InChI=1S/C19H18ClNO4/c20-17-7-6-13(16(11-21)10-18(22)23)9-14(17)5-4-12-2-1-3-15(8-12)19(24)25/h1-9,16H,10-11,21H2,(H,22,23)(H,24,25)/b5-4+/t16-/m0/s1. The molecule has 0 aromatic heterocycles. The molecule has 0 aliphatic rings. The zero-order valence-corrected chi connectivity index (χ0v) is 14.1. The van der Waals surface area contributed by atoms with Crippen LogP contribution in [0.2, 0.25) is 5.02 Å². The van der Waals surface area contributed by atoms with Gasteiger partial charge in [-0.3, -0.25) is 4.79 Å². The third kappa shape index (κ3) is 5.17. The Morgan fingerprint density at radius 2 is 1.88 bits per heavy atom. The van der Waals surface area contributed by atoms with Gasteiger partial charge in [0.2, 0.25) is 0 Å². The summed E-state index contributed by atoms with van der Waals surface area (Å²) in [6.45, 7) is 0.220. The van der Waals surface area contributed by atoms with Gasteiger partial charge in [0.05, 0.1) is 12.0 Å². The lowest BCUT2D eigenvalue weighted by Gasteiger charge is -2.14. The van der Waals surface area contributed by atoms with E-state index in [9.17, 15) is 9.59 Å². The lowest BCUT2D eigenvalue weighted by molar-refractivity contribution is -0.137. The smallest absolute Gasteiger partial charge is 0.335 e. The van der Waals surface area contributed by atoms with Crippen molar-refractivity contribution in [1.29, 1.82) is 0 Å². The Labute approximate surface area is 150 Å². The van der Waals surface area contributed by atoms with Gasteiger partial charge in [-0.25, -0.2) is 4.79 Å². The van der Waals surface area contributed by atoms with Crippen LogP contribution in [-0.4, -0.2) is 28.7 Å². The average molecular weight is 360 g/mol. The van der Waals surface area contributed by atoms with Gasteiger partial charge in [-0.2, -0.15) is 0 Å². The molecule has 0 unspecified atom stereocenters. The summed E-state index contributed by atoms with van der Waals surface area (Å²) in [7, 11) is 0. The van der Waals surface area contributed by atoms with Gasteiger partial charge in [0, 0.05) is 10.9 Å². The van der Waals surface area contributed by atoms with E-state index in [0.717, 1.165) is 11.1 Å². The molecule has 0 amide bonds. The number of aromatic carboxylic acids is 1. The van der Waals surface area contributed by atoms with Gasteiger partial charge in [0.25, 0.3) is 0 Å². The Morgan fingerprint density at radius 3 is 2.52 bits per heavy atom. The molecule has 25 heavy (non-hydrogen) atoms. The number of hydrogen-bond donors (Lipinski definition) is 3. The maximum Gasteiger partial charge on any atom is 0.335 e. The molecule has 0 saturated carbocycles. The SMILES string of the molecule is NC[C@H](CC(=O)O)c1ccc(Cl)c(/C=C/c2cccc(C(=O)O)c2)c1. The van der Waals surface area contributed by atoms with E-state index >= 15 is 0 Å². The topological polar surface area (TPSA) is 101 Å². The Bertz CT molecular complexity index is 817. The molecular weight excluding hydrogens is 342 g/mol. The molecular formula is C19H18ClNO4. The van der Waals surface area contributed by atoms with Crippen molar-refractivity contribution in [2.24, 2.45) is 5.73 Å². The number of rotatable bonds is 7. The maximum absolute atomic E-state index is 11.0. The predicted molar refractivity (Wildman–Crippen MR) is 97.8 cm³/mol. The normalized spacial score (nSPS) is 12.2. The molecule has 0 radical (unpaired) electrons. The average Bonchev–Trinajstić information content (AvgIpc) is 2.59. The van der Waals surface area contributed by atoms with Gasteiger partial charge in [-0.15, -0.1) is 0 Å². The first-order valence-electron chi connectivity index (χ1n) is 7.63. The summed E-state index contributed by atoms with van der Waals surface area (Å²) in [6.07, 6.45) is 3.47. The molecule has 0 fully saturated rings. The minimum Gasteiger partial charge on any atom is -0.481 e. The Morgan fingerprint density at radius 1 is 1.12 bits per heavy atom. The quantitative estimate of drug-likeness (QED) is 0.654. The molecule has 0 bridgehead atoms. The van der Waals surface area contributed by atoms with Crippen molar-refractivity contribution in [3.63, 3.8) is 0 Å². The van der Waals surface area contributed by atoms with E-state index in [-0.39, 0.29) is 24.4 Å². The number of carboxylic acids is 2. The molecule has 0 aliphatic heterocycles. The first-order chi connectivity index (χ1) is 11.9. The summed E-state index contributed by atoms with van der Waals surface area (Å²) in [6, 6.07) is 11.8. The molecule has 0 saturated heterocycles. The van der Waals surface area contributed by atoms with Crippen molar-refractivity contribution in [2.45, 2.75) is 12.3 Å². The summed E-state index contributed by atoms with van der Waals surface area (Å²) in [5.74, 6) is -2.19. The van der Waals surface area contributed by atoms with Crippen LogP contribution in [0, 0.1) is 0 Å². The first kappa shape index (κ1) is 18.7. The summed E-state index contributed by atoms with van der Waals surface area (Å²) >= 11 is 6.20. The molecule has 2 rings (SSSR count). The summed E-state index contributed by atoms with van der Waals surface area (Å²) in [5, 5.41) is 18.5. The number of carbonyl (C=O) groups is 2. The predicted octanol–water partition coefficient (Wildman–Crippen LogP) is 3.73. The zero-order chi connectivity index (χ0) is 18.4. The second-order valence-electron chi connectivity index (χ2n) is 5.58. The number of aliphatic carboxylic acids is 1. The van der Waals surface area contributed by atoms with E-state index in [1.54, 1.807) is 48.6 Å². The second kappa shape index (κ2) is 8.46. The van der Waals surface area contributed by atoms with Gasteiger partial charge in [0.15, 0.2) is 0 Å². The van der Waals surface area contributed by atoms with Crippen LogP contribution in [0.3, 0.4) is 0 Å². The fraction of sp³-hybridized carbons (Fsp3) is 0.158. The number of halogens is 1. The molecule has 2 aromatic rings. The fourth-order valence-corrected chi connectivity index (χ4v) is 2.63. The molecule has 0 heterocycles. The van der Waals surface area contributed by atoms with Crippen LogP contribution >= 0.6 is 11.6 Å². The van der Waals surface area contributed by atoms with E-state index in [0.29, 0.717) is 10.6 Å². The number of hydrogen-bond acceptors (Lipinski definition) is 3. The fourth-order valence-electron chi connectivity index (χ4n) is 2.45. The Balaban J connectivity index is 2.29. The van der Waals surface area contributed by atoms with Crippen LogP contribution in [0.25, 0.3) is 12.2 Å². The van der Waals surface area contributed by atoms with Gasteiger partial charge in [-0.05, 0) is 47.5 Å². The van der Waals surface area contributed by atoms with Crippen LogP contribution in [0.1, 0.15) is 39.4 Å². The lowest BCUT2D eigenvalue weighted by Crippen LogP contribution is -2.16. The minimum absolute atomic E-state index is 0.0536. The third-order valence-corrected chi connectivity index (χ3v) is 4.13. The van der Waals surface area contributed by atoms with Crippen molar-refractivity contribution < 1.29 is 19.8 Å². The van der Waals surface area contributed by atoms with Crippen LogP contribution in [0.4, 0.5) is 0 Å². The molecule has 5 nitrogen and oxygen atoms in total. The molecule has 2 aromatic carbocycles. The second-order valence-corrected chi connectivity index (χ2v) is 5.98. The monoisotopic (exact) mass is 359 g/mol. The van der Waals surface area contributed by atoms with Crippen molar-refractivity contribution in [3.8, 4) is 0 Å². The highest BCUT2D eigenvalue weighted by Crippen LogP contribution is 2.26. The van der Waals surface area contributed by atoms with E-state index in [1.807, 2.05) is 0 Å². The van der Waals surface area contributed by atoms with Crippen molar-refractivity contribution in [2.75, 3.05) is 6.54 Å². The molecule has 130 valence electrons. The third-order valence-electron chi connectivity index (χ3n) is 3.79. The largest absolute Gasteiger partial charge is 0.481 e. The lowest BCUT2D eigenvalue weighted by atomic mass is 9.94. The van der Waals surface area contributed by atoms with E-state index < -0.39 is 11.9 Å². The number of carboxylic acid groups (broad SMARTS) is 2. The Kier molecular flexibility index (Phi) is 6.33. The van der Waals surface area contributed by atoms with Crippen LogP contribution < -0.4 is 5.73 Å². The zero-order valence-electron chi connectivity index (χ0n) is 13.4. The van der Waals surface area contributed by atoms with E-state index in [1.165, 1.54) is 6.07 Å². The summed E-state index contributed by atoms with van der Waals surface area (Å²) in [4.78, 5) is 22.0. The van der Waals surface area contributed by atoms with Crippen molar-refractivity contribution in [1.82, 2.24) is 0 Å². The molecule has 0 spiro atoms. The highest BCUT2D eigenvalue weighted by atomic mass is 35.5. The molecule has 0 aliphatic carbocycles. The van der Waals surface area contributed by atoms with Gasteiger partial charge >= 0.3 is 11.9 Å². The molecule has 4 N–H and O–H groups in total. The van der Waals surface area contributed by atoms with Crippen molar-refractivity contribution in [3.05, 3.63) is 69.7 Å². The minimum atomic E-state index is -0.991. The number of benzene rings is 2. The highest BCUT2D eigenvalue weighted by molar-refractivity contribution is 6.32. The number of nitrogens with two attached hydrogens (primary N) is 1. The van der Waals surface area contributed by atoms with Crippen LogP contribution in [-0.2, 0) is 4.79 Å². The summed E-state index contributed by atoms with van der Waals surface area (Å²) < 4.78 is 0. The van der Waals surface area contributed by atoms with Gasteiger partial charge in [0.1, 0.15) is 0 Å². The van der Waals surface area contributed by atoms with E-state index in [4.69, 9.17) is 27.5 Å². The van der Waals surface area contributed by atoms with Crippen molar-refractivity contribution >= 4 is 35.7 Å². The van der Waals surface area contributed by atoms with Gasteiger partial charge in [-0.1, -0.05) is 42.0 Å². The molecule has 1 atom stereocenters. The molecule has 6 heteroatoms.